The van der Waals surface area contributed by atoms with Crippen LogP contribution in [0.4, 0.5) is 5.69 Å². The fourth-order valence-corrected chi connectivity index (χ4v) is 3.20. The van der Waals surface area contributed by atoms with Gasteiger partial charge in [0.05, 0.1) is 0 Å². The Labute approximate surface area is 115 Å². The number of carbonyl (C=O) groups excluding carboxylic acids is 1. The number of hydrogen-bond acceptors (Lipinski definition) is 2. The van der Waals surface area contributed by atoms with Crippen molar-refractivity contribution in [1.29, 1.82) is 0 Å². The fraction of sp³-hybridized carbons (Fsp3) is 0.562. The van der Waals surface area contributed by atoms with Crippen LogP contribution >= 0.6 is 0 Å². The van der Waals surface area contributed by atoms with Crippen molar-refractivity contribution >= 4 is 11.6 Å². The molecule has 3 nitrogen and oxygen atoms in total. The Morgan fingerprint density at radius 1 is 1.47 bits per heavy atom. The zero-order valence-electron chi connectivity index (χ0n) is 11.6. The maximum absolute atomic E-state index is 12.6. The third kappa shape index (κ3) is 2.46. The monoisotopic (exact) mass is 258 g/mol. The number of hydrogen-bond donors (Lipinski definition) is 1. The first-order chi connectivity index (χ1) is 9.28. The molecule has 1 aromatic carbocycles. The minimum atomic E-state index is 0.216. The van der Waals surface area contributed by atoms with Crippen molar-refractivity contribution in [2.75, 3.05) is 25.0 Å². The molecule has 3 rings (SSSR count). The van der Waals surface area contributed by atoms with Crippen molar-refractivity contribution in [3.63, 3.8) is 0 Å². The van der Waals surface area contributed by atoms with Crippen molar-refractivity contribution in [1.82, 2.24) is 4.90 Å². The Kier molecular flexibility index (Phi) is 3.45. The normalized spacial score (nSPS) is 21.9. The molecule has 0 aromatic heterocycles. The topological polar surface area (TPSA) is 32.3 Å². The number of likely N-dealkylation sites (tertiary alicyclic amines) is 1. The van der Waals surface area contributed by atoms with Crippen molar-refractivity contribution in [2.45, 2.75) is 32.6 Å². The van der Waals surface area contributed by atoms with E-state index in [2.05, 4.69) is 24.4 Å². The van der Waals surface area contributed by atoms with E-state index in [1.54, 1.807) is 0 Å². The van der Waals surface area contributed by atoms with E-state index in [4.69, 9.17) is 0 Å². The van der Waals surface area contributed by atoms with Crippen molar-refractivity contribution in [3.8, 4) is 0 Å². The van der Waals surface area contributed by atoms with Crippen molar-refractivity contribution < 1.29 is 4.79 Å². The van der Waals surface area contributed by atoms with E-state index in [0.29, 0.717) is 5.92 Å². The highest BCUT2D eigenvalue weighted by Gasteiger charge is 2.24. The summed E-state index contributed by atoms with van der Waals surface area (Å²) >= 11 is 0. The second kappa shape index (κ2) is 5.24. The van der Waals surface area contributed by atoms with Gasteiger partial charge in [0.2, 0.25) is 0 Å². The molecule has 1 unspecified atom stereocenters. The average Bonchev–Trinajstić information content (AvgIpc) is 2.94. The minimum Gasteiger partial charge on any atom is -0.384 e. The fourth-order valence-electron chi connectivity index (χ4n) is 3.20. The summed E-state index contributed by atoms with van der Waals surface area (Å²) in [6, 6.07) is 6.10. The van der Waals surface area contributed by atoms with E-state index in [1.165, 1.54) is 24.1 Å². The molecule has 0 saturated carbocycles. The molecule has 0 aliphatic carbocycles. The van der Waals surface area contributed by atoms with Crippen LogP contribution in [-0.4, -0.2) is 30.4 Å². The van der Waals surface area contributed by atoms with Crippen LogP contribution in [-0.2, 0) is 6.42 Å². The molecule has 2 heterocycles. The summed E-state index contributed by atoms with van der Waals surface area (Å²) in [4.78, 5) is 14.6. The summed E-state index contributed by atoms with van der Waals surface area (Å²) in [6.07, 6.45) is 4.64. The van der Waals surface area contributed by atoms with Gasteiger partial charge in [-0.15, -0.1) is 0 Å². The van der Waals surface area contributed by atoms with Gasteiger partial charge in [-0.1, -0.05) is 13.3 Å². The van der Waals surface area contributed by atoms with Crippen LogP contribution in [0.5, 0.6) is 0 Å². The molecule has 102 valence electrons. The van der Waals surface area contributed by atoms with Crippen LogP contribution in [0.15, 0.2) is 18.2 Å². The molecule has 0 radical (unpaired) electrons. The van der Waals surface area contributed by atoms with E-state index in [-0.39, 0.29) is 5.91 Å². The maximum Gasteiger partial charge on any atom is 0.253 e. The molecular formula is C16H22N2O. The highest BCUT2D eigenvalue weighted by molar-refractivity contribution is 5.95. The smallest absolute Gasteiger partial charge is 0.253 e. The third-order valence-electron chi connectivity index (χ3n) is 4.45. The van der Waals surface area contributed by atoms with Crippen LogP contribution in [0.3, 0.4) is 0 Å². The molecule has 3 heteroatoms. The molecule has 0 spiro atoms. The molecule has 1 aromatic rings. The first-order valence-corrected chi connectivity index (χ1v) is 7.44. The summed E-state index contributed by atoms with van der Waals surface area (Å²) in [6.45, 7) is 5.07. The Morgan fingerprint density at radius 3 is 3.21 bits per heavy atom. The van der Waals surface area contributed by atoms with Crippen LogP contribution in [0.1, 0.15) is 42.1 Å². The molecule has 1 amide bonds. The lowest BCUT2D eigenvalue weighted by molar-refractivity contribution is 0.0671. The van der Waals surface area contributed by atoms with Gasteiger partial charge in [-0.05, 0) is 48.9 Å². The molecule has 2 aliphatic heterocycles. The van der Waals surface area contributed by atoms with Crippen LogP contribution in [0, 0.1) is 5.92 Å². The predicted octanol–water partition coefficient (Wildman–Crippen LogP) is 2.92. The highest BCUT2D eigenvalue weighted by atomic mass is 16.2. The van der Waals surface area contributed by atoms with Crippen LogP contribution < -0.4 is 5.32 Å². The first-order valence-electron chi connectivity index (χ1n) is 7.44. The van der Waals surface area contributed by atoms with E-state index >= 15 is 0 Å². The highest BCUT2D eigenvalue weighted by Crippen LogP contribution is 2.25. The molecule has 1 saturated heterocycles. The van der Waals surface area contributed by atoms with Gasteiger partial charge >= 0.3 is 0 Å². The minimum absolute atomic E-state index is 0.216. The van der Waals surface area contributed by atoms with Gasteiger partial charge in [0.15, 0.2) is 0 Å². The number of carbonyl (C=O) groups is 1. The SMILES string of the molecule is CCC1CCCN(C(=O)c2ccc3c(c2)CCN3)C1. The van der Waals surface area contributed by atoms with Gasteiger partial charge in [0.1, 0.15) is 0 Å². The second-order valence-corrected chi connectivity index (χ2v) is 5.72. The average molecular weight is 258 g/mol. The Bertz CT molecular complexity index is 484. The molecule has 0 bridgehead atoms. The number of benzene rings is 1. The van der Waals surface area contributed by atoms with Crippen LogP contribution in [0.2, 0.25) is 0 Å². The largest absolute Gasteiger partial charge is 0.384 e. The lowest BCUT2D eigenvalue weighted by atomic mass is 9.95. The van der Waals surface area contributed by atoms with Gasteiger partial charge in [-0.3, -0.25) is 4.79 Å². The number of piperidine rings is 1. The van der Waals surface area contributed by atoms with Crippen molar-refractivity contribution in [2.24, 2.45) is 5.92 Å². The lowest BCUT2D eigenvalue weighted by Crippen LogP contribution is -2.39. The maximum atomic E-state index is 12.6. The number of rotatable bonds is 2. The summed E-state index contributed by atoms with van der Waals surface area (Å²) in [5.41, 5.74) is 3.34. The second-order valence-electron chi connectivity index (χ2n) is 5.72. The number of anilines is 1. The number of fused-ring (bicyclic) bond motifs is 1. The molecule has 1 N–H and O–H groups in total. The van der Waals surface area contributed by atoms with E-state index in [0.717, 1.165) is 38.0 Å². The molecule has 2 aliphatic rings. The van der Waals surface area contributed by atoms with E-state index in [9.17, 15) is 4.79 Å². The zero-order valence-corrected chi connectivity index (χ0v) is 11.6. The Balaban J connectivity index is 1.76. The quantitative estimate of drug-likeness (QED) is 0.884. The summed E-state index contributed by atoms with van der Waals surface area (Å²) in [7, 11) is 0. The lowest BCUT2D eigenvalue weighted by Gasteiger charge is -2.32. The Hall–Kier alpha value is -1.51. The molecule has 1 fully saturated rings. The van der Waals surface area contributed by atoms with E-state index in [1.807, 2.05) is 11.0 Å². The third-order valence-corrected chi connectivity index (χ3v) is 4.45. The van der Waals surface area contributed by atoms with Gasteiger partial charge in [-0.2, -0.15) is 0 Å². The van der Waals surface area contributed by atoms with Crippen LogP contribution in [0.25, 0.3) is 0 Å². The van der Waals surface area contributed by atoms with Crippen molar-refractivity contribution in [3.05, 3.63) is 29.3 Å². The van der Waals surface area contributed by atoms with Gasteiger partial charge in [0, 0.05) is 30.9 Å². The van der Waals surface area contributed by atoms with Gasteiger partial charge in [-0.25, -0.2) is 0 Å². The van der Waals surface area contributed by atoms with Gasteiger partial charge < -0.3 is 10.2 Å². The number of nitrogens with zero attached hydrogens (tertiary/aromatic N) is 1. The zero-order chi connectivity index (χ0) is 13.2. The molecule has 1 atom stereocenters. The summed E-state index contributed by atoms with van der Waals surface area (Å²) in [5.74, 6) is 0.904. The standard InChI is InChI=1S/C16H22N2O/c1-2-12-4-3-9-18(11-12)16(19)14-5-6-15-13(10-14)7-8-17-15/h5-6,10,12,17H,2-4,7-9,11H2,1H3. The molecular weight excluding hydrogens is 236 g/mol. The van der Waals surface area contributed by atoms with E-state index < -0.39 is 0 Å². The summed E-state index contributed by atoms with van der Waals surface area (Å²) < 4.78 is 0. The van der Waals surface area contributed by atoms with Gasteiger partial charge in [0.25, 0.3) is 5.91 Å². The Morgan fingerprint density at radius 2 is 2.37 bits per heavy atom. The number of amides is 1. The predicted molar refractivity (Wildman–Crippen MR) is 77.6 cm³/mol. The molecule has 19 heavy (non-hydrogen) atoms. The number of nitrogens with one attached hydrogen (secondary N) is 1. The summed E-state index contributed by atoms with van der Waals surface area (Å²) in [5, 5.41) is 3.34. The first kappa shape index (κ1) is 12.5.